The Morgan fingerprint density at radius 3 is 2.67 bits per heavy atom. The van der Waals surface area contributed by atoms with E-state index >= 15 is 0 Å². The maximum atomic E-state index is 11.8. The predicted molar refractivity (Wildman–Crippen MR) is 73.7 cm³/mol. The number of urea groups is 1. The molecule has 0 radical (unpaired) electrons. The predicted octanol–water partition coefficient (Wildman–Crippen LogP) is 2.52. The molecule has 0 aliphatic rings. The summed E-state index contributed by atoms with van der Waals surface area (Å²) < 4.78 is 0.975. The highest BCUT2D eigenvalue weighted by Crippen LogP contribution is 2.19. The molecule has 1 heterocycles. The van der Waals surface area contributed by atoms with Crippen molar-refractivity contribution in [2.75, 3.05) is 6.54 Å². The number of thiophene rings is 1. The van der Waals surface area contributed by atoms with Crippen LogP contribution in [0.2, 0.25) is 0 Å². The van der Waals surface area contributed by atoms with Crippen molar-refractivity contribution in [1.29, 1.82) is 0 Å². The summed E-state index contributed by atoms with van der Waals surface area (Å²) in [6.45, 7) is 3.67. The van der Waals surface area contributed by atoms with Gasteiger partial charge in [0.1, 0.15) is 6.54 Å². The smallest absolute Gasteiger partial charge is 0.323 e. The van der Waals surface area contributed by atoms with Crippen molar-refractivity contribution in [3.63, 3.8) is 0 Å². The molecule has 1 rings (SSSR count). The van der Waals surface area contributed by atoms with Crippen LogP contribution < -0.4 is 5.32 Å². The molecule has 0 fully saturated rings. The maximum absolute atomic E-state index is 11.8. The molecule has 0 spiro atoms. The zero-order chi connectivity index (χ0) is 13.7. The van der Waals surface area contributed by atoms with Gasteiger partial charge in [-0.05, 0) is 35.8 Å². The van der Waals surface area contributed by atoms with Gasteiger partial charge in [-0.2, -0.15) is 0 Å². The highest BCUT2D eigenvalue weighted by molar-refractivity contribution is 9.10. The minimum absolute atomic E-state index is 0.156. The monoisotopic (exact) mass is 334 g/mol. The molecule has 100 valence electrons. The molecule has 7 heteroatoms. The highest BCUT2D eigenvalue weighted by atomic mass is 79.9. The van der Waals surface area contributed by atoms with Crippen LogP contribution in [-0.2, 0) is 11.3 Å². The van der Waals surface area contributed by atoms with Crippen molar-refractivity contribution in [3.05, 3.63) is 20.8 Å². The van der Waals surface area contributed by atoms with Gasteiger partial charge in [0.2, 0.25) is 0 Å². The lowest BCUT2D eigenvalue weighted by Gasteiger charge is -2.24. The van der Waals surface area contributed by atoms with Crippen LogP contribution in [0.5, 0.6) is 0 Å². The summed E-state index contributed by atoms with van der Waals surface area (Å²) in [4.78, 5) is 24.8. The lowest BCUT2D eigenvalue weighted by atomic mass is 10.3. The van der Waals surface area contributed by atoms with Gasteiger partial charge in [-0.15, -0.1) is 11.3 Å². The molecule has 0 aliphatic heterocycles. The molecule has 1 aromatic heterocycles. The third-order valence-corrected chi connectivity index (χ3v) is 3.92. The van der Waals surface area contributed by atoms with E-state index < -0.39 is 5.97 Å². The van der Waals surface area contributed by atoms with Gasteiger partial charge in [-0.25, -0.2) is 4.79 Å². The summed E-state index contributed by atoms with van der Waals surface area (Å²) in [6.07, 6.45) is 0. The quantitative estimate of drug-likeness (QED) is 0.869. The van der Waals surface area contributed by atoms with Crippen molar-refractivity contribution in [2.45, 2.75) is 26.4 Å². The Kier molecular flexibility index (Phi) is 5.61. The number of hydrogen-bond acceptors (Lipinski definition) is 3. The van der Waals surface area contributed by atoms with Crippen LogP contribution in [0.25, 0.3) is 0 Å². The van der Waals surface area contributed by atoms with E-state index in [1.807, 2.05) is 11.4 Å². The van der Waals surface area contributed by atoms with Gasteiger partial charge in [0.15, 0.2) is 0 Å². The van der Waals surface area contributed by atoms with Crippen LogP contribution in [-0.4, -0.2) is 34.6 Å². The molecule has 2 N–H and O–H groups in total. The number of aliphatic carboxylic acids is 1. The second-order valence-corrected chi connectivity index (χ2v) is 5.92. The number of halogens is 1. The summed E-state index contributed by atoms with van der Waals surface area (Å²) in [7, 11) is 0. The molecule has 0 atom stereocenters. The van der Waals surface area contributed by atoms with Crippen LogP contribution in [0.15, 0.2) is 15.9 Å². The molecular weight excluding hydrogens is 320 g/mol. The fourth-order valence-electron chi connectivity index (χ4n) is 1.35. The molecule has 0 aromatic carbocycles. The summed E-state index contributed by atoms with van der Waals surface area (Å²) in [6, 6.07) is 1.40. The summed E-state index contributed by atoms with van der Waals surface area (Å²) in [5.74, 6) is -1.02. The van der Waals surface area contributed by atoms with Crippen molar-refractivity contribution in [1.82, 2.24) is 10.2 Å². The van der Waals surface area contributed by atoms with Crippen LogP contribution in [0.1, 0.15) is 18.7 Å². The summed E-state index contributed by atoms with van der Waals surface area (Å²) in [5.41, 5.74) is 0. The maximum Gasteiger partial charge on any atom is 0.323 e. The average molecular weight is 335 g/mol. The first-order chi connectivity index (χ1) is 8.40. The second kappa shape index (κ2) is 6.75. The first-order valence-electron chi connectivity index (χ1n) is 5.39. The van der Waals surface area contributed by atoms with E-state index in [-0.39, 0.29) is 18.6 Å². The van der Waals surface area contributed by atoms with E-state index in [1.165, 1.54) is 16.2 Å². The number of amides is 2. The van der Waals surface area contributed by atoms with Crippen LogP contribution >= 0.6 is 27.3 Å². The van der Waals surface area contributed by atoms with Gasteiger partial charge in [0.05, 0.1) is 6.54 Å². The van der Waals surface area contributed by atoms with Gasteiger partial charge in [0, 0.05) is 20.8 Å². The van der Waals surface area contributed by atoms with E-state index in [2.05, 4.69) is 21.2 Å². The number of nitrogens with zero attached hydrogens (tertiary/aromatic N) is 1. The lowest BCUT2D eigenvalue weighted by Crippen LogP contribution is -2.46. The highest BCUT2D eigenvalue weighted by Gasteiger charge is 2.19. The van der Waals surface area contributed by atoms with Gasteiger partial charge in [-0.1, -0.05) is 0 Å². The van der Waals surface area contributed by atoms with Gasteiger partial charge >= 0.3 is 12.0 Å². The Hall–Kier alpha value is -1.08. The van der Waals surface area contributed by atoms with Gasteiger partial charge in [-0.3, -0.25) is 4.79 Å². The minimum Gasteiger partial charge on any atom is -0.480 e. The van der Waals surface area contributed by atoms with E-state index in [4.69, 9.17) is 5.11 Å². The first kappa shape index (κ1) is 15.0. The van der Waals surface area contributed by atoms with Gasteiger partial charge in [0.25, 0.3) is 0 Å². The van der Waals surface area contributed by atoms with Crippen LogP contribution in [0.4, 0.5) is 4.79 Å². The van der Waals surface area contributed by atoms with Crippen molar-refractivity contribution < 1.29 is 14.7 Å². The van der Waals surface area contributed by atoms with E-state index in [1.54, 1.807) is 13.8 Å². The lowest BCUT2D eigenvalue weighted by molar-refractivity contribution is -0.138. The number of rotatable bonds is 5. The Morgan fingerprint density at radius 1 is 1.56 bits per heavy atom. The molecular formula is C11H15BrN2O3S. The van der Waals surface area contributed by atoms with Crippen LogP contribution in [0, 0.1) is 0 Å². The Labute approximate surface area is 118 Å². The SMILES string of the molecule is CC(C)N(CC(=O)O)C(=O)NCc1cc(Br)cs1. The second-order valence-electron chi connectivity index (χ2n) is 4.01. The van der Waals surface area contributed by atoms with E-state index in [9.17, 15) is 9.59 Å². The number of carbonyl (C=O) groups is 2. The molecule has 1 aromatic rings. The molecule has 0 saturated carbocycles. The molecule has 2 amide bonds. The topological polar surface area (TPSA) is 69.6 Å². The van der Waals surface area contributed by atoms with Gasteiger partial charge < -0.3 is 15.3 Å². The number of carboxylic acid groups (broad SMARTS) is 1. The largest absolute Gasteiger partial charge is 0.480 e. The van der Waals surface area contributed by atoms with Crippen molar-refractivity contribution >= 4 is 39.3 Å². The van der Waals surface area contributed by atoms with E-state index in [0.29, 0.717) is 6.54 Å². The molecule has 0 bridgehead atoms. The fraction of sp³-hybridized carbons (Fsp3) is 0.455. The Morgan fingerprint density at radius 2 is 2.22 bits per heavy atom. The summed E-state index contributed by atoms with van der Waals surface area (Å²) in [5, 5.41) is 13.4. The normalized spacial score (nSPS) is 10.4. The Bertz CT molecular complexity index is 434. The zero-order valence-electron chi connectivity index (χ0n) is 10.1. The molecule has 18 heavy (non-hydrogen) atoms. The van der Waals surface area contributed by atoms with Crippen molar-refractivity contribution in [3.8, 4) is 0 Å². The first-order valence-corrected chi connectivity index (χ1v) is 7.06. The number of hydrogen-bond donors (Lipinski definition) is 2. The Balaban J connectivity index is 2.53. The third-order valence-electron chi connectivity index (χ3n) is 2.23. The van der Waals surface area contributed by atoms with Crippen molar-refractivity contribution in [2.24, 2.45) is 0 Å². The number of nitrogens with one attached hydrogen (secondary N) is 1. The standard InChI is InChI=1S/C11H15BrN2O3S/c1-7(2)14(5-10(15)16)11(17)13-4-9-3-8(12)6-18-9/h3,6-7H,4-5H2,1-2H3,(H,13,17)(H,15,16). The number of carboxylic acids is 1. The molecule has 0 saturated heterocycles. The third kappa shape index (κ3) is 4.66. The molecule has 0 aliphatic carbocycles. The fourth-order valence-corrected chi connectivity index (χ4v) is 2.74. The summed E-state index contributed by atoms with van der Waals surface area (Å²) >= 11 is 4.86. The van der Waals surface area contributed by atoms with E-state index in [0.717, 1.165) is 9.35 Å². The molecule has 0 unspecified atom stereocenters. The zero-order valence-corrected chi connectivity index (χ0v) is 12.5. The minimum atomic E-state index is -1.02. The average Bonchev–Trinajstić information content (AvgIpc) is 2.68. The van der Waals surface area contributed by atoms with Crippen LogP contribution in [0.3, 0.4) is 0 Å². The molecule has 5 nitrogen and oxygen atoms in total. The number of carbonyl (C=O) groups excluding carboxylic acids is 1.